The summed E-state index contributed by atoms with van der Waals surface area (Å²) in [6.07, 6.45) is 2.07. The first-order valence-electron chi connectivity index (χ1n) is 13.5. The van der Waals surface area contributed by atoms with E-state index in [2.05, 4.69) is 42.5 Å². The molecule has 0 aromatic heterocycles. The average Bonchev–Trinajstić information content (AvgIpc) is 2.96. The molecule has 0 bridgehead atoms. The number of carbonyl (C=O) groups is 4. The van der Waals surface area contributed by atoms with E-state index < -0.39 is 23.8 Å². The molecule has 3 aromatic rings. The number of rotatable bonds is 11. The van der Waals surface area contributed by atoms with Crippen molar-refractivity contribution in [3.05, 3.63) is 79.2 Å². The summed E-state index contributed by atoms with van der Waals surface area (Å²) in [5, 5.41) is 5.43. The van der Waals surface area contributed by atoms with Gasteiger partial charge in [0, 0.05) is 26.8 Å². The van der Waals surface area contributed by atoms with Crippen LogP contribution in [0.15, 0.2) is 63.0 Å². The van der Waals surface area contributed by atoms with Gasteiger partial charge < -0.3 is 19.5 Å². The van der Waals surface area contributed by atoms with Gasteiger partial charge in [-0.15, -0.1) is 0 Å². The smallest absolute Gasteiger partial charge is 0.335 e. The molecule has 5 amide bonds. The number of ether oxygens (including phenoxy) is 3. The summed E-state index contributed by atoms with van der Waals surface area (Å²) in [6.45, 7) is 6.01. The normalized spacial score (nSPS) is 14.0. The second-order valence-electron chi connectivity index (χ2n) is 9.48. The SMILES string of the molecule is CCCOc1ccc(N2C(=O)NC(=O)/C(=C\c3cc(Br)cc(Br)c3OCC(=O)Nc3ccc(C)c(Cl)c3)C2=O)cc1OCC. The number of barbiturate groups is 1. The van der Waals surface area contributed by atoms with Crippen molar-refractivity contribution in [3.63, 3.8) is 0 Å². The summed E-state index contributed by atoms with van der Waals surface area (Å²) in [5.74, 6) is -1.21. The molecule has 1 fully saturated rings. The highest BCUT2D eigenvalue weighted by Crippen LogP contribution is 2.37. The van der Waals surface area contributed by atoms with Gasteiger partial charge in [0.05, 0.1) is 23.4 Å². The molecular weight excluding hydrogens is 722 g/mol. The first-order chi connectivity index (χ1) is 21.0. The van der Waals surface area contributed by atoms with Crippen molar-refractivity contribution in [3.8, 4) is 17.2 Å². The Morgan fingerprint density at radius 3 is 2.48 bits per heavy atom. The highest BCUT2D eigenvalue weighted by atomic mass is 79.9. The van der Waals surface area contributed by atoms with Gasteiger partial charge in [0.1, 0.15) is 11.3 Å². The predicted molar refractivity (Wildman–Crippen MR) is 175 cm³/mol. The van der Waals surface area contributed by atoms with Crippen LogP contribution in [0.25, 0.3) is 6.08 Å². The minimum Gasteiger partial charge on any atom is -0.490 e. The van der Waals surface area contributed by atoms with Crippen LogP contribution in [0, 0.1) is 6.92 Å². The number of carbonyl (C=O) groups excluding carboxylic acids is 4. The van der Waals surface area contributed by atoms with Crippen LogP contribution in [0.2, 0.25) is 5.02 Å². The largest absolute Gasteiger partial charge is 0.490 e. The predicted octanol–water partition coefficient (Wildman–Crippen LogP) is 7.04. The molecule has 1 aliphatic heterocycles. The van der Waals surface area contributed by atoms with E-state index in [-0.39, 0.29) is 23.6 Å². The maximum atomic E-state index is 13.6. The molecule has 0 spiro atoms. The van der Waals surface area contributed by atoms with E-state index in [0.717, 1.165) is 16.9 Å². The summed E-state index contributed by atoms with van der Waals surface area (Å²) in [4.78, 5) is 52.9. The number of anilines is 2. The highest BCUT2D eigenvalue weighted by molar-refractivity contribution is 9.11. The highest BCUT2D eigenvalue weighted by Gasteiger charge is 2.37. The summed E-state index contributed by atoms with van der Waals surface area (Å²) >= 11 is 13.0. The number of hydrogen-bond donors (Lipinski definition) is 2. The fraction of sp³-hybridized carbons (Fsp3) is 0.226. The van der Waals surface area contributed by atoms with Crippen LogP contribution in [0.5, 0.6) is 17.2 Å². The third-order valence-corrected chi connectivity index (χ3v) is 7.64. The van der Waals surface area contributed by atoms with E-state index in [1.165, 1.54) is 18.2 Å². The van der Waals surface area contributed by atoms with Gasteiger partial charge in [-0.3, -0.25) is 19.7 Å². The Balaban J connectivity index is 1.63. The number of halogens is 3. The van der Waals surface area contributed by atoms with Crippen molar-refractivity contribution in [2.24, 2.45) is 0 Å². The van der Waals surface area contributed by atoms with Gasteiger partial charge in [-0.2, -0.15) is 0 Å². The van der Waals surface area contributed by atoms with E-state index in [1.54, 1.807) is 43.3 Å². The number of hydrogen-bond acceptors (Lipinski definition) is 7. The number of nitrogens with zero attached hydrogens (tertiary/aromatic N) is 1. The summed E-state index contributed by atoms with van der Waals surface area (Å²) in [7, 11) is 0. The summed E-state index contributed by atoms with van der Waals surface area (Å²) in [5.41, 5.74) is 1.51. The monoisotopic (exact) mass is 747 g/mol. The molecule has 3 aromatic carbocycles. The third-order valence-electron chi connectivity index (χ3n) is 6.19. The zero-order valence-electron chi connectivity index (χ0n) is 24.0. The second kappa shape index (κ2) is 14.7. The summed E-state index contributed by atoms with van der Waals surface area (Å²) < 4.78 is 18.3. The van der Waals surface area contributed by atoms with Gasteiger partial charge in [-0.05, 0) is 84.2 Å². The second-order valence-corrected chi connectivity index (χ2v) is 11.7. The lowest BCUT2D eigenvalue weighted by Crippen LogP contribution is -2.54. The summed E-state index contributed by atoms with van der Waals surface area (Å²) in [6, 6.07) is 12.1. The van der Waals surface area contributed by atoms with Crippen molar-refractivity contribution in [2.45, 2.75) is 27.2 Å². The molecular formula is C31H28Br2ClN3O7. The van der Waals surface area contributed by atoms with Gasteiger partial charge in [-0.1, -0.05) is 40.5 Å². The van der Waals surface area contributed by atoms with Gasteiger partial charge in [0.15, 0.2) is 18.1 Å². The van der Waals surface area contributed by atoms with Gasteiger partial charge in [0.25, 0.3) is 17.7 Å². The van der Waals surface area contributed by atoms with Crippen LogP contribution < -0.4 is 29.7 Å². The number of nitrogens with one attached hydrogen (secondary N) is 2. The van der Waals surface area contributed by atoms with Crippen LogP contribution >= 0.6 is 43.5 Å². The van der Waals surface area contributed by atoms with Crippen LogP contribution in [0.4, 0.5) is 16.2 Å². The molecule has 1 aliphatic rings. The van der Waals surface area contributed by atoms with Crippen molar-refractivity contribution in [1.82, 2.24) is 5.32 Å². The fourth-order valence-electron chi connectivity index (χ4n) is 4.13. The van der Waals surface area contributed by atoms with E-state index in [0.29, 0.717) is 49.9 Å². The molecule has 230 valence electrons. The quantitative estimate of drug-likeness (QED) is 0.159. The Labute approximate surface area is 275 Å². The minimum absolute atomic E-state index is 0.179. The Morgan fingerprint density at radius 1 is 1.00 bits per heavy atom. The zero-order chi connectivity index (χ0) is 32.0. The van der Waals surface area contributed by atoms with E-state index >= 15 is 0 Å². The zero-order valence-corrected chi connectivity index (χ0v) is 27.9. The lowest BCUT2D eigenvalue weighted by molar-refractivity contribution is -0.122. The lowest BCUT2D eigenvalue weighted by Gasteiger charge is -2.27. The van der Waals surface area contributed by atoms with Gasteiger partial charge >= 0.3 is 6.03 Å². The molecule has 0 atom stereocenters. The molecule has 13 heteroatoms. The number of benzene rings is 3. The molecule has 2 N–H and O–H groups in total. The molecule has 44 heavy (non-hydrogen) atoms. The molecule has 0 saturated carbocycles. The molecule has 4 rings (SSSR count). The molecule has 0 unspecified atom stereocenters. The Hall–Kier alpha value is -3.87. The Kier molecular flexibility index (Phi) is 11.1. The van der Waals surface area contributed by atoms with Crippen molar-refractivity contribution < 1.29 is 33.4 Å². The number of amides is 5. The first-order valence-corrected chi connectivity index (χ1v) is 15.5. The van der Waals surface area contributed by atoms with E-state index in [4.69, 9.17) is 25.8 Å². The van der Waals surface area contributed by atoms with Crippen LogP contribution in [-0.2, 0) is 14.4 Å². The fourth-order valence-corrected chi connectivity index (χ4v) is 5.68. The first kappa shape index (κ1) is 33.0. The maximum absolute atomic E-state index is 13.6. The molecule has 1 heterocycles. The number of aryl methyl sites for hydroxylation is 1. The van der Waals surface area contributed by atoms with Crippen LogP contribution in [-0.4, -0.2) is 43.6 Å². The molecule has 10 nitrogen and oxygen atoms in total. The van der Waals surface area contributed by atoms with Gasteiger partial charge in [0.2, 0.25) is 0 Å². The maximum Gasteiger partial charge on any atom is 0.335 e. The standard InChI is InChI=1S/C31H28Br2ClN3O7/c1-4-10-43-25-9-8-21(15-26(25)42-5-2)37-30(40)22(29(39)36-31(37)41)12-18-11-19(32)13-23(33)28(18)44-16-27(38)35-20-7-6-17(3)24(34)14-20/h6-9,11-15H,4-5,10,16H2,1-3H3,(H,35,38)(H,36,39,41)/b22-12+. The average molecular weight is 750 g/mol. The molecule has 1 saturated heterocycles. The van der Waals surface area contributed by atoms with Crippen molar-refractivity contribution in [1.29, 1.82) is 0 Å². The Bertz CT molecular complexity index is 1660. The van der Waals surface area contributed by atoms with Crippen molar-refractivity contribution in [2.75, 3.05) is 30.0 Å². The third kappa shape index (κ3) is 7.79. The molecule has 0 aliphatic carbocycles. The van der Waals surface area contributed by atoms with E-state index in [9.17, 15) is 19.2 Å². The van der Waals surface area contributed by atoms with Crippen LogP contribution in [0.1, 0.15) is 31.4 Å². The topological polar surface area (TPSA) is 123 Å². The molecule has 0 radical (unpaired) electrons. The van der Waals surface area contributed by atoms with Crippen molar-refractivity contribution >= 4 is 84.7 Å². The van der Waals surface area contributed by atoms with Gasteiger partial charge in [-0.25, -0.2) is 9.69 Å². The van der Waals surface area contributed by atoms with Crippen LogP contribution in [0.3, 0.4) is 0 Å². The Morgan fingerprint density at radius 2 is 1.77 bits per heavy atom. The number of urea groups is 1. The minimum atomic E-state index is -0.915. The number of imide groups is 2. The lowest BCUT2D eigenvalue weighted by atomic mass is 10.1. The van der Waals surface area contributed by atoms with E-state index in [1.807, 2.05) is 13.8 Å².